The topological polar surface area (TPSA) is 36.4 Å². The summed E-state index contributed by atoms with van der Waals surface area (Å²) in [5, 5.41) is 0. The van der Waals surface area contributed by atoms with E-state index in [1.165, 1.54) is 95.5 Å². The van der Waals surface area contributed by atoms with Crippen LogP contribution in [0.15, 0.2) is 23.3 Å². The molecule has 2 nitrogen and oxygen atoms in total. The van der Waals surface area contributed by atoms with E-state index >= 15 is 0 Å². The van der Waals surface area contributed by atoms with Gasteiger partial charge < -0.3 is 5.53 Å². The van der Waals surface area contributed by atoms with Gasteiger partial charge in [0.15, 0.2) is 0 Å². The normalized spacial score (nSPS) is 23.1. The highest BCUT2D eigenvalue weighted by atomic mass is 14.8. The Morgan fingerprint density at radius 2 is 1.08 bits per heavy atom. The minimum Gasteiger partial charge on any atom is -0.361 e. The first-order valence-electron chi connectivity index (χ1n) is 10.5. The van der Waals surface area contributed by atoms with Crippen LogP contribution in [0.4, 0.5) is 0 Å². The van der Waals surface area contributed by atoms with Gasteiger partial charge in [-0.3, -0.25) is 0 Å². The second-order valence-corrected chi connectivity index (χ2v) is 7.63. The molecule has 2 aliphatic rings. The molecule has 0 heterocycles. The summed E-state index contributed by atoms with van der Waals surface area (Å²) in [6.45, 7) is 0. The molecule has 0 aromatic heterocycles. The van der Waals surface area contributed by atoms with Gasteiger partial charge >= 0.3 is 0 Å². The maximum absolute atomic E-state index is 9.40. The van der Waals surface area contributed by atoms with E-state index in [0.717, 1.165) is 25.0 Å². The molecule has 0 aromatic carbocycles. The quantitative estimate of drug-likeness (QED) is 0.361. The van der Waals surface area contributed by atoms with E-state index in [9.17, 15) is 5.53 Å². The Labute approximate surface area is 149 Å². The van der Waals surface area contributed by atoms with Gasteiger partial charge in [-0.15, -0.1) is 0 Å². The van der Waals surface area contributed by atoms with Crippen molar-refractivity contribution >= 4 is 5.71 Å². The Kier molecular flexibility index (Phi) is 9.80. The molecule has 134 valence electrons. The predicted molar refractivity (Wildman–Crippen MR) is 103 cm³/mol. The molecule has 2 heteroatoms. The summed E-state index contributed by atoms with van der Waals surface area (Å²) < 4.78 is 0. The second-order valence-electron chi connectivity index (χ2n) is 7.63. The molecule has 0 saturated carbocycles. The summed E-state index contributed by atoms with van der Waals surface area (Å²) in [7, 11) is 0. The van der Waals surface area contributed by atoms with Crippen molar-refractivity contribution in [3.05, 3.63) is 28.8 Å². The van der Waals surface area contributed by atoms with E-state index < -0.39 is 0 Å². The van der Waals surface area contributed by atoms with Crippen LogP contribution in [0, 0.1) is 0 Å². The van der Waals surface area contributed by atoms with E-state index in [1.54, 1.807) is 5.57 Å². The molecule has 0 unspecified atom stereocenters. The molecule has 0 fully saturated rings. The van der Waals surface area contributed by atoms with Gasteiger partial charge in [0.05, 0.1) is 0 Å². The molecule has 0 atom stereocenters. The largest absolute Gasteiger partial charge is 0.361 e. The lowest BCUT2D eigenvalue weighted by Crippen LogP contribution is -2.00. The molecule has 0 radical (unpaired) electrons. The number of hydrogen-bond acceptors (Lipinski definition) is 0. The molecule has 0 amide bonds. The van der Waals surface area contributed by atoms with Crippen molar-refractivity contribution in [2.45, 2.75) is 109 Å². The second kappa shape index (κ2) is 12.3. The minimum atomic E-state index is 0.891. The summed E-state index contributed by atoms with van der Waals surface area (Å²) in [5.41, 5.74) is 13.3. The van der Waals surface area contributed by atoms with Crippen molar-refractivity contribution in [2.75, 3.05) is 0 Å². The Balaban J connectivity index is 2.14. The van der Waals surface area contributed by atoms with Gasteiger partial charge in [-0.25, -0.2) is 0 Å². The summed E-state index contributed by atoms with van der Waals surface area (Å²) in [6.07, 6.45) is 26.6. The molecule has 0 saturated heterocycles. The lowest BCUT2D eigenvalue weighted by atomic mass is 9.92. The van der Waals surface area contributed by atoms with Gasteiger partial charge in [-0.2, -0.15) is 4.79 Å². The molecule has 0 aliphatic heterocycles. The lowest BCUT2D eigenvalue weighted by Gasteiger charge is -2.12. The first-order chi connectivity index (χ1) is 11.9. The average Bonchev–Trinajstić information content (AvgIpc) is 2.70. The maximum atomic E-state index is 9.40. The SMILES string of the molecule is [N-]=[N+]=C1C=C(C2=CCCCCCCCCC2)CCCCCCCC1. The van der Waals surface area contributed by atoms with Crippen LogP contribution in [0.5, 0.6) is 0 Å². The fraction of sp³-hybridized carbons (Fsp3) is 0.773. The fourth-order valence-corrected chi connectivity index (χ4v) is 4.02. The van der Waals surface area contributed by atoms with Crippen LogP contribution in [0.1, 0.15) is 109 Å². The van der Waals surface area contributed by atoms with Crippen LogP contribution in [0.2, 0.25) is 0 Å². The highest BCUT2D eigenvalue weighted by molar-refractivity contribution is 5.91. The molecule has 0 bridgehead atoms. The van der Waals surface area contributed by atoms with Crippen LogP contribution < -0.4 is 0 Å². The highest BCUT2D eigenvalue weighted by Crippen LogP contribution is 2.27. The third kappa shape index (κ3) is 7.62. The van der Waals surface area contributed by atoms with Crippen molar-refractivity contribution in [2.24, 2.45) is 0 Å². The molecule has 2 rings (SSSR count). The third-order valence-corrected chi connectivity index (χ3v) is 5.55. The maximum Gasteiger partial charge on any atom is 0.292 e. The Bertz CT molecular complexity index is 466. The summed E-state index contributed by atoms with van der Waals surface area (Å²) in [5.74, 6) is 0. The van der Waals surface area contributed by atoms with Gasteiger partial charge in [-0.05, 0) is 56.1 Å². The summed E-state index contributed by atoms with van der Waals surface area (Å²) in [6, 6.07) is 0. The molecule has 0 spiro atoms. The standard InChI is InChI=1S/C22H36N2/c23-24-22-18-14-10-6-5-9-13-17-21(19-22)20-15-11-7-3-1-2-4-8-12-16-20/h15,19H,1-14,16-18H2. The van der Waals surface area contributed by atoms with Crippen LogP contribution in [-0.2, 0) is 0 Å². The Hall–Kier alpha value is -1.14. The van der Waals surface area contributed by atoms with E-state index in [-0.39, 0.29) is 0 Å². The first-order valence-corrected chi connectivity index (χ1v) is 10.5. The van der Waals surface area contributed by atoms with Crippen molar-refractivity contribution in [3.8, 4) is 0 Å². The number of nitrogens with zero attached hydrogens (tertiary/aromatic N) is 2. The zero-order valence-corrected chi connectivity index (χ0v) is 15.6. The predicted octanol–water partition coefficient (Wildman–Crippen LogP) is 7.17. The van der Waals surface area contributed by atoms with Crippen LogP contribution in [0.25, 0.3) is 5.53 Å². The fourth-order valence-electron chi connectivity index (χ4n) is 4.02. The molecular weight excluding hydrogens is 292 g/mol. The van der Waals surface area contributed by atoms with Crippen LogP contribution >= 0.6 is 0 Å². The van der Waals surface area contributed by atoms with Gasteiger partial charge in [0.2, 0.25) is 0 Å². The van der Waals surface area contributed by atoms with Crippen molar-refractivity contribution < 1.29 is 4.79 Å². The zero-order valence-electron chi connectivity index (χ0n) is 15.6. The van der Waals surface area contributed by atoms with Crippen LogP contribution in [-0.4, -0.2) is 10.5 Å². The van der Waals surface area contributed by atoms with Gasteiger partial charge in [0.25, 0.3) is 5.71 Å². The summed E-state index contributed by atoms with van der Waals surface area (Å²) >= 11 is 0. The third-order valence-electron chi connectivity index (χ3n) is 5.55. The summed E-state index contributed by atoms with van der Waals surface area (Å²) in [4.78, 5) is 3.60. The number of allylic oxidation sites excluding steroid dienone is 4. The Morgan fingerprint density at radius 1 is 0.583 bits per heavy atom. The molecule has 0 aromatic rings. The zero-order chi connectivity index (χ0) is 16.9. The van der Waals surface area contributed by atoms with Gasteiger partial charge in [-0.1, -0.05) is 63.9 Å². The van der Waals surface area contributed by atoms with Crippen molar-refractivity contribution in [1.82, 2.24) is 0 Å². The van der Waals surface area contributed by atoms with Crippen molar-refractivity contribution in [3.63, 3.8) is 0 Å². The molecular formula is C22H36N2. The van der Waals surface area contributed by atoms with E-state index in [4.69, 9.17) is 0 Å². The molecule has 2 aliphatic carbocycles. The number of hydrogen-bond donors (Lipinski definition) is 0. The lowest BCUT2D eigenvalue weighted by molar-refractivity contribution is -0.00649. The monoisotopic (exact) mass is 328 g/mol. The Morgan fingerprint density at radius 3 is 1.71 bits per heavy atom. The van der Waals surface area contributed by atoms with Gasteiger partial charge in [0, 0.05) is 12.5 Å². The van der Waals surface area contributed by atoms with E-state index in [2.05, 4.69) is 16.9 Å². The van der Waals surface area contributed by atoms with Gasteiger partial charge in [0.1, 0.15) is 0 Å². The van der Waals surface area contributed by atoms with E-state index in [0.29, 0.717) is 0 Å². The van der Waals surface area contributed by atoms with E-state index in [1.807, 2.05) is 0 Å². The molecule has 0 N–H and O–H groups in total. The average molecular weight is 329 g/mol. The van der Waals surface area contributed by atoms with Crippen LogP contribution in [0.3, 0.4) is 0 Å². The van der Waals surface area contributed by atoms with Crippen molar-refractivity contribution in [1.29, 1.82) is 0 Å². The highest BCUT2D eigenvalue weighted by Gasteiger charge is 2.13. The first kappa shape index (κ1) is 19.2. The number of rotatable bonds is 1. The smallest absolute Gasteiger partial charge is 0.292 e. The minimum absolute atomic E-state index is 0.891. The molecule has 24 heavy (non-hydrogen) atoms.